The first-order chi connectivity index (χ1) is 19.7. The first kappa shape index (κ1) is 28.6. The number of allylic oxidation sites excluding steroid dienone is 2. The Balaban J connectivity index is 1.42. The van der Waals surface area contributed by atoms with Crippen LogP contribution in [0.4, 0.5) is 11.4 Å². The zero-order valence-corrected chi connectivity index (χ0v) is 22.6. The molecule has 0 aliphatic carbocycles. The fourth-order valence-corrected chi connectivity index (χ4v) is 4.11. The Morgan fingerprint density at radius 2 is 1.63 bits per heavy atom. The Morgan fingerprint density at radius 1 is 0.927 bits per heavy atom. The van der Waals surface area contributed by atoms with Crippen molar-refractivity contribution in [2.45, 2.75) is 20.4 Å². The molecule has 0 atom stereocenters. The standard InChI is InChI=1S/C30H27N3O8/c1-4-40-29(37)19-10-12-20(13-11-19)32-28(36)27(35)31-17-23-15-14-22(41-23)16-24-26(34)25(30(38)39-3)18(2)33(24)21-8-6-5-7-9-21/h5-16H,4,17H2,1-3H3,(H,31,35)(H,32,36)/b24-16+. The van der Waals surface area contributed by atoms with Gasteiger partial charge in [0.05, 0.1) is 31.5 Å². The fourth-order valence-electron chi connectivity index (χ4n) is 4.11. The fraction of sp³-hybridized carbons (Fsp3) is 0.167. The van der Waals surface area contributed by atoms with E-state index < -0.39 is 29.5 Å². The zero-order valence-electron chi connectivity index (χ0n) is 22.6. The zero-order chi connectivity index (χ0) is 29.5. The van der Waals surface area contributed by atoms with Crippen LogP contribution in [0, 0.1) is 0 Å². The first-order valence-electron chi connectivity index (χ1n) is 12.6. The third kappa shape index (κ3) is 6.41. The molecule has 0 saturated carbocycles. The van der Waals surface area contributed by atoms with Gasteiger partial charge in [-0.2, -0.15) is 0 Å². The van der Waals surface area contributed by atoms with Gasteiger partial charge in [0, 0.05) is 23.1 Å². The number of para-hydroxylation sites is 1. The molecule has 41 heavy (non-hydrogen) atoms. The number of amides is 2. The molecule has 0 fully saturated rings. The van der Waals surface area contributed by atoms with Gasteiger partial charge < -0.3 is 29.4 Å². The quantitative estimate of drug-likeness (QED) is 0.184. The number of hydrogen-bond donors (Lipinski definition) is 2. The Hall–Kier alpha value is -5.45. The van der Waals surface area contributed by atoms with Crippen LogP contribution in [-0.2, 0) is 35.2 Å². The molecule has 11 nitrogen and oxygen atoms in total. The minimum atomic E-state index is -0.908. The smallest absolute Gasteiger partial charge is 0.343 e. The lowest BCUT2D eigenvalue weighted by Crippen LogP contribution is -2.34. The van der Waals surface area contributed by atoms with E-state index in [9.17, 15) is 24.0 Å². The van der Waals surface area contributed by atoms with Crippen molar-refractivity contribution < 1.29 is 37.9 Å². The highest BCUT2D eigenvalue weighted by Crippen LogP contribution is 2.35. The number of rotatable bonds is 8. The van der Waals surface area contributed by atoms with Gasteiger partial charge in [-0.05, 0) is 62.4 Å². The number of nitrogens with one attached hydrogen (secondary N) is 2. The number of ether oxygens (including phenoxy) is 2. The maximum absolute atomic E-state index is 13.2. The number of Topliss-reactive ketones (excluding diaryl/α,β-unsaturated/α-hetero) is 1. The van der Waals surface area contributed by atoms with Crippen molar-refractivity contribution in [3.8, 4) is 0 Å². The second-order valence-corrected chi connectivity index (χ2v) is 8.72. The van der Waals surface area contributed by atoms with Crippen molar-refractivity contribution in [2.24, 2.45) is 0 Å². The number of esters is 2. The molecule has 2 amide bonds. The van der Waals surface area contributed by atoms with Crippen molar-refractivity contribution in [3.63, 3.8) is 0 Å². The van der Waals surface area contributed by atoms with Crippen molar-refractivity contribution in [2.75, 3.05) is 23.9 Å². The normalized spacial score (nSPS) is 13.8. The maximum atomic E-state index is 13.2. The van der Waals surface area contributed by atoms with Gasteiger partial charge in [-0.25, -0.2) is 9.59 Å². The highest BCUT2D eigenvalue weighted by Gasteiger charge is 2.38. The van der Waals surface area contributed by atoms with Crippen LogP contribution < -0.4 is 15.5 Å². The summed E-state index contributed by atoms with van der Waals surface area (Å²) in [6.07, 6.45) is 1.49. The van der Waals surface area contributed by atoms with E-state index in [1.807, 2.05) is 18.2 Å². The molecule has 4 rings (SSSR count). The van der Waals surface area contributed by atoms with Gasteiger partial charge >= 0.3 is 23.8 Å². The highest BCUT2D eigenvalue weighted by atomic mass is 16.5. The van der Waals surface area contributed by atoms with Crippen LogP contribution in [0.25, 0.3) is 6.08 Å². The van der Waals surface area contributed by atoms with Gasteiger partial charge in [-0.1, -0.05) is 18.2 Å². The molecule has 0 spiro atoms. The summed E-state index contributed by atoms with van der Waals surface area (Å²) in [5.41, 5.74) is 1.83. The Morgan fingerprint density at radius 3 is 2.29 bits per heavy atom. The predicted molar refractivity (Wildman–Crippen MR) is 148 cm³/mol. The van der Waals surface area contributed by atoms with Gasteiger partial charge in [0.1, 0.15) is 17.1 Å². The summed E-state index contributed by atoms with van der Waals surface area (Å²) in [6, 6.07) is 18.2. The van der Waals surface area contributed by atoms with Crippen LogP contribution in [0.15, 0.2) is 88.1 Å². The topological polar surface area (TPSA) is 144 Å². The van der Waals surface area contributed by atoms with Crippen molar-refractivity contribution in [1.82, 2.24) is 5.32 Å². The highest BCUT2D eigenvalue weighted by molar-refractivity contribution is 6.39. The first-order valence-corrected chi connectivity index (χ1v) is 12.6. The van der Waals surface area contributed by atoms with Crippen LogP contribution in [0.5, 0.6) is 0 Å². The lowest BCUT2D eigenvalue weighted by Gasteiger charge is -2.21. The van der Waals surface area contributed by atoms with E-state index in [1.165, 1.54) is 37.5 Å². The van der Waals surface area contributed by atoms with E-state index >= 15 is 0 Å². The summed E-state index contributed by atoms with van der Waals surface area (Å²) in [5, 5.41) is 4.91. The van der Waals surface area contributed by atoms with E-state index in [-0.39, 0.29) is 24.4 Å². The van der Waals surface area contributed by atoms with Gasteiger partial charge in [0.15, 0.2) is 0 Å². The molecule has 0 saturated heterocycles. The summed E-state index contributed by atoms with van der Waals surface area (Å²) < 4.78 is 15.5. The molecular weight excluding hydrogens is 530 g/mol. The molecular formula is C30H27N3O8. The summed E-state index contributed by atoms with van der Waals surface area (Å²) in [6.45, 7) is 3.49. The molecule has 0 bridgehead atoms. The molecule has 1 aliphatic heterocycles. The predicted octanol–water partition coefficient (Wildman–Crippen LogP) is 3.59. The average Bonchev–Trinajstić information content (AvgIpc) is 3.53. The second-order valence-electron chi connectivity index (χ2n) is 8.72. The molecule has 1 aromatic heterocycles. The summed E-state index contributed by atoms with van der Waals surface area (Å²) in [5.74, 6) is -2.94. The minimum Gasteiger partial charge on any atom is -0.465 e. The van der Waals surface area contributed by atoms with E-state index in [0.29, 0.717) is 34.2 Å². The molecule has 3 aromatic rings. The summed E-state index contributed by atoms with van der Waals surface area (Å²) in [4.78, 5) is 63.5. The number of furan rings is 1. The number of ketones is 1. The number of carbonyl (C=O) groups is 5. The van der Waals surface area contributed by atoms with Gasteiger partial charge in [-0.3, -0.25) is 14.4 Å². The van der Waals surface area contributed by atoms with E-state index in [2.05, 4.69) is 10.6 Å². The number of methoxy groups -OCH3 is 1. The third-order valence-corrected chi connectivity index (χ3v) is 6.05. The third-order valence-electron chi connectivity index (χ3n) is 6.05. The Bertz CT molecular complexity index is 1550. The minimum absolute atomic E-state index is 0.0804. The number of carbonyl (C=O) groups excluding carboxylic acids is 5. The number of benzene rings is 2. The number of hydrogen-bond acceptors (Lipinski definition) is 9. The summed E-state index contributed by atoms with van der Waals surface area (Å²) in [7, 11) is 1.21. The van der Waals surface area contributed by atoms with E-state index in [1.54, 1.807) is 43.0 Å². The van der Waals surface area contributed by atoms with Crippen LogP contribution in [0.2, 0.25) is 0 Å². The van der Waals surface area contributed by atoms with Gasteiger partial charge in [-0.15, -0.1) is 0 Å². The molecule has 2 heterocycles. The molecule has 0 unspecified atom stereocenters. The lowest BCUT2D eigenvalue weighted by atomic mass is 10.1. The van der Waals surface area contributed by atoms with Gasteiger partial charge in [0.25, 0.3) is 0 Å². The summed E-state index contributed by atoms with van der Waals surface area (Å²) >= 11 is 0. The number of nitrogens with zero attached hydrogens (tertiary/aromatic N) is 1. The van der Waals surface area contributed by atoms with Crippen molar-refractivity contribution >= 4 is 47.0 Å². The van der Waals surface area contributed by atoms with Crippen LogP contribution in [0.1, 0.15) is 35.7 Å². The van der Waals surface area contributed by atoms with Crippen LogP contribution >= 0.6 is 0 Å². The van der Waals surface area contributed by atoms with Crippen molar-refractivity contribution in [1.29, 1.82) is 0 Å². The monoisotopic (exact) mass is 557 g/mol. The van der Waals surface area contributed by atoms with Crippen LogP contribution in [0.3, 0.4) is 0 Å². The molecule has 2 aromatic carbocycles. The Labute approximate surface area is 235 Å². The molecule has 1 aliphatic rings. The van der Waals surface area contributed by atoms with E-state index in [4.69, 9.17) is 13.9 Å². The average molecular weight is 558 g/mol. The molecule has 0 radical (unpaired) electrons. The molecule has 11 heteroatoms. The van der Waals surface area contributed by atoms with Crippen LogP contribution in [-0.4, -0.2) is 43.3 Å². The number of anilines is 2. The SMILES string of the molecule is CCOC(=O)c1ccc(NC(=O)C(=O)NCc2ccc(/C=C3\C(=O)C(C(=O)OC)=C(C)N3c3ccccc3)o2)cc1. The van der Waals surface area contributed by atoms with E-state index in [0.717, 1.165) is 0 Å². The second kappa shape index (κ2) is 12.6. The Kier molecular flexibility index (Phi) is 8.78. The molecule has 210 valence electrons. The maximum Gasteiger partial charge on any atom is 0.343 e. The molecule has 2 N–H and O–H groups in total. The lowest BCUT2D eigenvalue weighted by molar-refractivity contribution is -0.137. The van der Waals surface area contributed by atoms with Gasteiger partial charge in [0.2, 0.25) is 5.78 Å². The largest absolute Gasteiger partial charge is 0.465 e. The van der Waals surface area contributed by atoms with Crippen molar-refractivity contribution in [3.05, 3.63) is 101 Å².